The molecule has 11 aromatic carbocycles. The van der Waals surface area contributed by atoms with Crippen LogP contribution in [0.1, 0.15) is 84.7 Å². The van der Waals surface area contributed by atoms with Crippen molar-refractivity contribution < 1.29 is 0 Å². The molecule has 11 aromatic rings. The van der Waals surface area contributed by atoms with Gasteiger partial charge >= 0.3 is 0 Å². The van der Waals surface area contributed by atoms with Crippen molar-refractivity contribution in [3.05, 3.63) is 293 Å². The molecule has 0 spiro atoms. The molecule has 1 heteroatoms. The van der Waals surface area contributed by atoms with E-state index in [-0.39, 0.29) is 0 Å². The molecule has 14 rings (SSSR count). The molecule has 0 saturated heterocycles. The van der Waals surface area contributed by atoms with Crippen LogP contribution in [0.3, 0.4) is 0 Å². The van der Waals surface area contributed by atoms with Gasteiger partial charge in [0.25, 0.3) is 0 Å². The van der Waals surface area contributed by atoms with Gasteiger partial charge in [0.05, 0.1) is 22.5 Å². The van der Waals surface area contributed by atoms with Gasteiger partial charge in [-0.25, -0.2) is 0 Å². The maximum atomic E-state index is 2.64. The normalized spacial score (nSPS) is 15.7. The molecule has 0 aromatic heterocycles. The number of para-hydroxylation sites is 3. The Bertz CT molecular complexity index is 4060. The monoisotopic (exact) mass is 961 g/mol. The predicted molar refractivity (Wildman–Crippen MR) is 317 cm³/mol. The van der Waals surface area contributed by atoms with Crippen LogP contribution in [0.15, 0.2) is 249 Å². The third kappa shape index (κ3) is 7.35. The first-order chi connectivity index (χ1) is 37.2. The Balaban J connectivity index is 1.07. The molecule has 0 N–H and O–H groups in total. The first-order valence-electron chi connectivity index (χ1n) is 27.3. The summed E-state index contributed by atoms with van der Waals surface area (Å²) in [5, 5.41) is 7.96. The predicted octanol–water partition coefficient (Wildman–Crippen LogP) is 18.2. The molecule has 3 aliphatic carbocycles. The molecule has 360 valence electrons. The van der Waals surface area contributed by atoms with Gasteiger partial charge in [0, 0.05) is 16.7 Å². The van der Waals surface area contributed by atoms with E-state index in [1.54, 1.807) is 0 Å². The SMILES string of the molecule is CC1C=c2c(ccc3ccccc23)=C(c2ccccc2N(c2ccccc2-c2cccc3c2-c2ccccc2C3(c2ccccc2)c2ccccc2)c2ccccc2-c2cccc3cccc(C4CCCCC4)c23)C1. The quantitative estimate of drug-likeness (QED) is 0.139. The minimum absolute atomic E-state index is 0.356. The average Bonchev–Trinajstić information content (AvgIpc) is 3.87. The van der Waals surface area contributed by atoms with Crippen LogP contribution in [-0.2, 0) is 5.41 Å². The second-order valence-corrected chi connectivity index (χ2v) is 21.3. The Labute approximate surface area is 441 Å². The van der Waals surface area contributed by atoms with Gasteiger partial charge in [-0.2, -0.15) is 0 Å². The maximum Gasteiger partial charge on any atom is 0.0713 e. The summed E-state index contributed by atoms with van der Waals surface area (Å²) in [5.74, 6) is 0.905. The van der Waals surface area contributed by atoms with Gasteiger partial charge in [0.1, 0.15) is 0 Å². The molecule has 1 unspecified atom stereocenters. The zero-order valence-corrected chi connectivity index (χ0v) is 42.6. The highest BCUT2D eigenvalue weighted by molar-refractivity contribution is 6.06. The van der Waals surface area contributed by atoms with Gasteiger partial charge in [0.15, 0.2) is 0 Å². The topological polar surface area (TPSA) is 3.24 Å². The van der Waals surface area contributed by atoms with Crippen molar-refractivity contribution in [3.8, 4) is 33.4 Å². The maximum absolute atomic E-state index is 2.64. The molecular weight excluding hydrogens is 903 g/mol. The summed E-state index contributed by atoms with van der Waals surface area (Å²) >= 11 is 0. The Morgan fingerprint density at radius 1 is 0.400 bits per heavy atom. The fraction of sp³-hybridized carbons (Fsp3) is 0.135. The van der Waals surface area contributed by atoms with Crippen molar-refractivity contribution >= 4 is 50.3 Å². The molecule has 1 atom stereocenters. The van der Waals surface area contributed by atoms with Crippen LogP contribution >= 0.6 is 0 Å². The van der Waals surface area contributed by atoms with E-state index in [0.717, 1.165) is 17.8 Å². The lowest BCUT2D eigenvalue weighted by atomic mass is 9.67. The fourth-order valence-electron chi connectivity index (χ4n) is 13.9. The summed E-state index contributed by atoms with van der Waals surface area (Å²) in [6.07, 6.45) is 9.85. The standard InChI is InChI=1S/C74H59N/c1-50-48-65-56-33-12-11-26-52(56)46-47-58(65)66(49-50)61-36-16-20-45-71(61)75(69-43-18-14-34-59(69)62-39-22-28-53-27-21-38-57(72(53)62)51-24-5-2-6-25-51)70-44-19-15-35-60(70)63-40-23-42-68-73(63)64-37-13-17-41-67(64)74(68,54-29-7-3-8-30-54)55-31-9-4-10-32-55/h3-4,7-23,26-48,50-51H,2,5-6,24-25,49H2,1H3. The van der Waals surface area contributed by atoms with Crippen molar-refractivity contribution in [2.45, 2.75) is 56.8 Å². The number of fused-ring (bicyclic) bond motifs is 7. The zero-order chi connectivity index (χ0) is 49.9. The second kappa shape index (κ2) is 18.8. The molecule has 0 heterocycles. The molecule has 0 aliphatic heterocycles. The molecule has 75 heavy (non-hydrogen) atoms. The third-order valence-electron chi connectivity index (χ3n) is 17.1. The van der Waals surface area contributed by atoms with Crippen LogP contribution in [0.25, 0.3) is 66.6 Å². The number of benzene rings is 11. The smallest absolute Gasteiger partial charge is 0.0713 e. The van der Waals surface area contributed by atoms with Crippen LogP contribution < -0.4 is 15.3 Å². The Morgan fingerprint density at radius 2 is 0.920 bits per heavy atom. The number of anilines is 3. The minimum atomic E-state index is -0.522. The lowest BCUT2D eigenvalue weighted by Gasteiger charge is -2.34. The molecule has 1 nitrogen and oxygen atoms in total. The third-order valence-corrected chi connectivity index (χ3v) is 17.1. The van der Waals surface area contributed by atoms with Gasteiger partial charge in [-0.3, -0.25) is 0 Å². The van der Waals surface area contributed by atoms with Crippen molar-refractivity contribution in [2.24, 2.45) is 5.92 Å². The highest BCUT2D eigenvalue weighted by Gasteiger charge is 2.47. The first-order valence-corrected chi connectivity index (χ1v) is 27.3. The van der Waals surface area contributed by atoms with Crippen molar-refractivity contribution in [3.63, 3.8) is 0 Å². The van der Waals surface area contributed by atoms with E-state index >= 15 is 0 Å². The number of nitrogens with zero attached hydrogens (tertiary/aromatic N) is 1. The molecule has 0 radical (unpaired) electrons. The van der Waals surface area contributed by atoms with Gasteiger partial charge in [-0.1, -0.05) is 263 Å². The minimum Gasteiger partial charge on any atom is -0.309 e. The summed E-state index contributed by atoms with van der Waals surface area (Å²) in [6, 6.07) is 94.1. The van der Waals surface area contributed by atoms with E-state index in [9.17, 15) is 0 Å². The van der Waals surface area contributed by atoms with Crippen LogP contribution in [0.5, 0.6) is 0 Å². The largest absolute Gasteiger partial charge is 0.309 e. The molecule has 0 amide bonds. The van der Waals surface area contributed by atoms with Crippen LogP contribution in [0.2, 0.25) is 0 Å². The highest BCUT2D eigenvalue weighted by Crippen LogP contribution is 2.59. The van der Waals surface area contributed by atoms with E-state index in [0.29, 0.717) is 11.8 Å². The molecule has 1 fully saturated rings. The summed E-state index contributed by atoms with van der Waals surface area (Å²) in [4.78, 5) is 2.64. The Hall–Kier alpha value is -8.52. The van der Waals surface area contributed by atoms with E-state index in [1.807, 2.05) is 0 Å². The highest BCUT2D eigenvalue weighted by atomic mass is 15.1. The van der Waals surface area contributed by atoms with Crippen LogP contribution in [0.4, 0.5) is 17.1 Å². The second-order valence-electron chi connectivity index (χ2n) is 21.3. The summed E-state index contributed by atoms with van der Waals surface area (Å²) in [5.41, 5.74) is 19.7. The van der Waals surface area contributed by atoms with Crippen molar-refractivity contribution in [1.29, 1.82) is 0 Å². The van der Waals surface area contributed by atoms with Crippen molar-refractivity contribution in [1.82, 2.24) is 0 Å². The van der Waals surface area contributed by atoms with E-state index in [4.69, 9.17) is 0 Å². The molecule has 0 bridgehead atoms. The zero-order valence-electron chi connectivity index (χ0n) is 42.6. The van der Waals surface area contributed by atoms with Crippen LogP contribution in [-0.4, -0.2) is 0 Å². The van der Waals surface area contributed by atoms with E-state index in [2.05, 4.69) is 267 Å². The molecular formula is C74H59N. The first kappa shape index (κ1) is 45.1. The number of rotatable bonds is 9. The lowest BCUT2D eigenvalue weighted by molar-refractivity contribution is 0.445. The summed E-state index contributed by atoms with van der Waals surface area (Å²) in [6.45, 7) is 2.39. The summed E-state index contributed by atoms with van der Waals surface area (Å²) < 4.78 is 0. The van der Waals surface area contributed by atoms with E-state index < -0.39 is 5.41 Å². The van der Waals surface area contributed by atoms with Gasteiger partial charge in [0.2, 0.25) is 0 Å². The van der Waals surface area contributed by atoms with Crippen molar-refractivity contribution in [2.75, 3.05) is 4.90 Å². The molecule has 1 saturated carbocycles. The Morgan fingerprint density at radius 3 is 1.64 bits per heavy atom. The van der Waals surface area contributed by atoms with Gasteiger partial charge < -0.3 is 4.90 Å². The fourth-order valence-corrected chi connectivity index (χ4v) is 13.9. The Kier molecular flexibility index (Phi) is 11.3. The van der Waals surface area contributed by atoms with Gasteiger partial charge in [-0.15, -0.1) is 0 Å². The van der Waals surface area contributed by atoms with Crippen LogP contribution in [0, 0.1) is 5.92 Å². The van der Waals surface area contributed by atoms with Gasteiger partial charge in [-0.05, 0) is 137 Å². The van der Waals surface area contributed by atoms with E-state index in [1.165, 1.54) is 142 Å². The number of hydrogen-bond acceptors (Lipinski definition) is 1. The lowest BCUT2D eigenvalue weighted by Crippen LogP contribution is -2.33. The molecule has 3 aliphatic rings. The average molecular weight is 962 g/mol. The number of hydrogen-bond donors (Lipinski definition) is 0. The summed E-state index contributed by atoms with van der Waals surface area (Å²) in [7, 11) is 0.